The van der Waals surface area contributed by atoms with Crippen LogP contribution in [0.15, 0.2) is 24.3 Å². The SMILES string of the molecule is COc1ccc(NC(=O)CN(CCN(C)C)S(C)(=O)=O)cc1. The fraction of sp³-hybridized carbons (Fsp3) is 0.500. The van der Waals surface area contributed by atoms with E-state index in [-0.39, 0.29) is 19.0 Å². The first kappa shape index (κ1) is 18.4. The molecule has 0 atom stereocenters. The van der Waals surface area contributed by atoms with Crippen molar-refractivity contribution in [3.05, 3.63) is 24.3 Å². The van der Waals surface area contributed by atoms with Gasteiger partial charge in [-0.15, -0.1) is 0 Å². The first-order valence-corrected chi connectivity index (χ1v) is 8.61. The van der Waals surface area contributed by atoms with Crippen LogP contribution in [-0.4, -0.2) is 70.6 Å². The maximum Gasteiger partial charge on any atom is 0.239 e. The number of likely N-dealkylation sites (N-methyl/N-ethyl adjacent to an activating group) is 1. The smallest absolute Gasteiger partial charge is 0.239 e. The lowest BCUT2D eigenvalue weighted by atomic mass is 10.3. The van der Waals surface area contributed by atoms with Gasteiger partial charge in [0.05, 0.1) is 19.9 Å². The molecule has 0 fully saturated rings. The predicted octanol–water partition coefficient (Wildman–Crippen LogP) is 0.457. The van der Waals surface area contributed by atoms with E-state index in [2.05, 4.69) is 5.32 Å². The number of sulfonamides is 1. The van der Waals surface area contributed by atoms with E-state index >= 15 is 0 Å². The lowest BCUT2D eigenvalue weighted by Gasteiger charge is -2.21. The molecular weight excluding hydrogens is 306 g/mol. The molecule has 0 saturated heterocycles. The molecule has 7 nitrogen and oxygen atoms in total. The molecule has 0 aliphatic rings. The van der Waals surface area contributed by atoms with Crippen molar-refractivity contribution >= 4 is 21.6 Å². The monoisotopic (exact) mass is 329 g/mol. The molecule has 124 valence electrons. The highest BCUT2D eigenvalue weighted by Crippen LogP contribution is 2.15. The second kappa shape index (κ2) is 8.11. The van der Waals surface area contributed by atoms with Gasteiger partial charge in [-0.2, -0.15) is 4.31 Å². The summed E-state index contributed by atoms with van der Waals surface area (Å²) in [5.41, 5.74) is 0.590. The van der Waals surface area contributed by atoms with Crippen LogP contribution in [0.4, 0.5) is 5.69 Å². The number of rotatable bonds is 8. The largest absolute Gasteiger partial charge is 0.497 e. The topological polar surface area (TPSA) is 79.0 Å². The number of carbonyl (C=O) groups excluding carboxylic acids is 1. The van der Waals surface area contributed by atoms with Crippen molar-refractivity contribution in [2.45, 2.75) is 0 Å². The molecule has 0 unspecified atom stereocenters. The third-order valence-electron chi connectivity index (χ3n) is 2.96. The van der Waals surface area contributed by atoms with Crippen molar-refractivity contribution in [2.24, 2.45) is 0 Å². The number of benzene rings is 1. The van der Waals surface area contributed by atoms with E-state index in [0.29, 0.717) is 18.0 Å². The van der Waals surface area contributed by atoms with Gasteiger partial charge in [0.15, 0.2) is 0 Å². The van der Waals surface area contributed by atoms with Crippen molar-refractivity contribution in [3.63, 3.8) is 0 Å². The van der Waals surface area contributed by atoms with Crippen LogP contribution in [0.5, 0.6) is 5.75 Å². The summed E-state index contributed by atoms with van der Waals surface area (Å²) >= 11 is 0. The fourth-order valence-corrected chi connectivity index (χ4v) is 2.47. The van der Waals surface area contributed by atoms with Crippen LogP contribution in [0.25, 0.3) is 0 Å². The van der Waals surface area contributed by atoms with Gasteiger partial charge in [0.2, 0.25) is 15.9 Å². The second-order valence-corrected chi connectivity index (χ2v) is 7.16. The Morgan fingerprint density at radius 1 is 1.18 bits per heavy atom. The molecule has 0 bridgehead atoms. The van der Waals surface area contributed by atoms with Gasteiger partial charge in [-0.25, -0.2) is 8.42 Å². The minimum atomic E-state index is -3.43. The second-order valence-electron chi connectivity index (χ2n) is 5.18. The van der Waals surface area contributed by atoms with Crippen LogP contribution in [0.1, 0.15) is 0 Å². The Balaban J connectivity index is 2.65. The number of ether oxygens (including phenoxy) is 1. The summed E-state index contributed by atoms with van der Waals surface area (Å²) in [6, 6.07) is 6.83. The summed E-state index contributed by atoms with van der Waals surface area (Å²) in [4.78, 5) is 13.9. The summed E-state index contributed by atoms with van der Waals surface area (Å²) in [6.45, 7) is 0.601. The van der Waals surface area contributed by atoms with Crippen LogP contribution >= 0.6 is 0 Å². The Bertz CT molecular complexity index is 585. The molecule has 8 heteroatoms. The van der Waals surface area contributed by atoms with Crippen molar-refractivity contribution in [1.29, 1.82) is 0 Å². The number of hydrogen-bond acceptors (Lipinski definition) is 5. The number of nitrogens with zero attached hydrogens (tertiary/aromatic N) is 2. The maximum atomic E-state index is 12.0. The first-order chi connectivity index (χ1) is 10.2. The zero-order chi connectivity index (χ0) is 16.8. The predicted molar refractivity (Wildman–Crippen MR) is 86.6 cm³/mol. The van der Waals surface area contributed by atoms with E-state index in [1.165, 1.54) is 0 Å². The Hall–Kier alpha value is -1.64. The minimum Gasteiger partial charge on any atom is -0.497 e. The molecule has 0 heterocycles. The summed E-state index contributed by atoms with van der Waals surface area (Å²) in [7, 11) is 1.82. The quantitative estimate of drug-likeness (QED) is 0.749. The Morgan fingerprint density at radius 3 is 2.23 bits per heavy atom. The molecule has 1 N–H and O–H groups in total. The van der Waals surface area contributed by atoms with Crippen LogP contribution in [0, 0.1) is 0 Å². The number of carbonyl (C=O) groups is 1. The van der Waals surface area contributed by atoms with Crippen molar-refractivity contribution in [1.82, 2.24) is 9.21 Å². The molecule has 0 aliphatic carbocycles. The van der Waals surface area contributed by atoms with Crippen LogP contribution in [-0.2, 0) is 14.8 Å². The lowest BCUT2D eigenvalue weighted by molar-refractivity contribution is -0.116. The van der Waals surface area contributed by atoms with E-state index in [9.17, 15) is 13.2 Å². The number of methoxy groups -OCH3 is 1. The molecular formula is C14H23N3O4S. The summed E-state index contributed by atoms with van der Waals surface area (Å²) in [5.74, 6) is 0.302. The average molecular weight is 329 g/mol. The van der Waals surface area contributed by atoms with E-state index in [1.54, 1.807) is 31.4 Å². The van der Waals surface area contributed by atoms with E-state index in [1.807, 2.05) is 19.0 Å². The van der Waals surface area contributed by atoms with Gasteiger partial charge in [0.1, 0.15) is 5.75 Å². The highest BCUT2D eigenvalue weighted by Gasteiger charge is 2.20. The summed E-state index contributed by atoms with van der Waals surface area (Å²) < 4.78 is 29.6. The summed E-state index contributed by atoms with van der Waals surface area (Å²) in [6.07, 6.45) is 1.10. The lowest BCUT2D eigenvalue weighted by Crippen LogP contribution is -2.41. The number of hydrogen-bond donors (Lipinski definition) is 1. The molecule has 0 spiro atoms. The maximum absolute atomic E-state index is 12.0. The van der Waals surface area contributed by atoms with Crippen molar-refractivity contribution in [2.75, 3.05) is 52.4 Å². The molecule has 1 aromatic rings. The van der Waals surface area contributed by atoms with Gasteiger partial charge in [0.25, 0.3) is 0 Å². The van der Waals surface area contributed by atoms with Crippen molar-refractivity contribution in [3.8, 4) is 5.75 Å². The zero-order valence-corrected chi connectivity index (χ0v) is 14.2. The van der Waals surface area contributed by atoms with Crippen LogP contribution in [0.3, 0.4) is 0 Å². The molecule has 22 heavy (non-hydrogen) atoms. The van der Waals surface area contributed by atoms with Gasteiger partial charge in [-0.05, 0) is 38.4 Å². The standard InChI is InChI=1S/C14H23N3O4S/c1-16(2)9-10-17(22(4,19)20)11-14(18)15-12-5-7-13(21-3)8-6-12/h5-8H,9-11H2,1-4H3,(H,15,18). The molecule has 0 aliphatic heterocycles. The average Bonchev–Trinajstić information content (AvgIpc) is 2.42. The van der Waals surface area contributed by atoms with Gasteiger partial charge < -0.3 is 15.0 Å². The third kappa shape index (κ3) is 6.42. The number of amides is 1. The van der Waals surface area contributed by atoms with Crippen molar-refractivity contribution < 1.29 is 17.9 Å². The molecule has 1 amide bonds. The van der Waals surface area contributed by atoms with E-state index in [0.717, 1.165) is 10.6 Å². The highest BCUT2D eigenvalue weighted by atomic mass is 32.2. The molecule has 0 saturated carbocycles. The van der Waals surface area contributed by atoms with E-state index < -0.39 is 10.0 Å². The summed E-state index contributed by atoms with van der Waals surface area (Å²) in [5, 5.41) is 2.67. The highest BCUT2D eigenvalue weighted by molar-refractivity contribution is 7.88. The first-order valence-electron chi connectivity index (χ1n) is 6.76. The van der Waals surface area contributed by atoms with Crippen LogP contribution in [0.2, 0.25) is 0 Å². The molecule has 1 aromatic carbocycles. The number of anilines is 1. The molecule has 0 aromatic heterocycles. The van der Waals surface area contributed by atoms with Gasteiger partial charge in [-0.3, -0.25) is 4.79 Å². The molecule has 1 rings (SSSR count). The van der Waals surface area contributed by atoms with Gasteiger partial charge >= 0.3 is 0 Å². The number of nitrogens with one attached hydrogen (secondary N) is 1. The van der Waals surface area contributed by atoms with E-state index in [4.69, 9.17) is 4.74 Å². The molecule has 0 radical (unpaired) electrons. The Kier molecular flexibility index (Phi) is 6.79. The normalized spacial score (nSPS) is 11.7. The Morgan fingerprint density at radius 2 is 1.77 bits per heavy atom. The third-order valence-corrected chi connectivity index (χ3v) is 4.21. The van der Waals surface area contributed by atoms with Crippen LogP contribution < -0.4 is 10.1 Å². The Labute approximate surface area is 131 Å². The minimum absolute atomic E-state index is 0.210. The fourth-order valence-electron chi connectivity index (χ4n) is 1.71. The zero-order valence-electron chi connectivity index (χ0n) is 13.4. The van der Waals surface area contributed by atoms with Gasteiger partial charge in [-0.1, -0.05) is 0 Å². The van der Waals surface area contributed by atoms with Gasteiger partial charge in [0, 0.05) is 18.8 Å².